The first kappa shape index (κ1) is 21.5. The first-order valence-corrected chi connectivity index (χ1v) is 11.9. The second-order valence-corrected chi connectivity index (χ2v) is 10.3. The Bertz CT molecular complexity index is 1240. The first-order valence-electron chi connectivity index (χ1n) is 9.71. The summed E-state index contributed by atoms with van der Waals surface area (Å²) < 4.78 is 43.3. The molecule has 0 unspecified atom stereocenters. The zero-order valence-electron chi connectivity index (χ0n) is 16.7. The molecule has 1 aromatic heterocycles. The normalized spacial score (nSPS) is 17.6. The molecule has 0 N–H and O–H groups in total. The third-order valence-electron chi connectivity index (χ3n) is 5.34. The van der Waals surface area contributed by atoms with Crippen molar-refractivity contribution in [2.24, 2.45) is 0 Å². The van der Waals surface area contributed by atoms with E-state index in [1.807, 2.05) is 6.07 Å². The van der Waals surface area contributed by atoms with Gasteiger partial charge in [0.25, 0.3) is 5.91 Å². The highest BCUT2D eigenvalue weighted by molar-refractivity contribution is 7.91. The molecule has 1 amide bonds. The zero-order valence-corrected chi connectivity index (χ0v) is 18.3. The third-order valence-corrected chi connectivity index (χ3v) is 7.32. The maximum absolute atomic E-state index is 13.9. The van der Waals surface area contributed by atoms with E-state index in [-0.39, 0.29) is 35.3 Å². The van der Waals surface area contributed by atoms with Crippen LogP contribution in [0.15, 0.2) is 53.1 Å². The number of hydrogen-bond acceptors (Lipinski definition) is 5. The minimum Gasteiger partial charge on any atom is -0.355 e. The van der Waals surface area contributed by atoms with Crippen molar-refractivity contribution in [3.63, 3.8) is 0 Å². The van der Waals surface area contributed by atoms with Crippen molar-refractivity contribution in [1.29, 1.82) is 0 Å². The van der Waals surface area contributed by atoms with Gasteiger partial charge in [0.2, 0.25) is 0 Å². The van der Waals surface area contributed by atoms with Gasteiger partial charge in [-0.15, -0.1) is 0 Å². The molecule has 0 aliphatic carbocycles. The first-order chi connectivity index (χ1) is 14.7. The smallest absolute Gasteiger partial charge is 0.276 e. The van der Waals surface area contributed by atoms with Gasteiger partial charge in [-0.25, -0.2) is 12.8 Å². The van der Waals surface area contributed by atoms with E-state index < -0.39 is 21.8 Å². The van der Waals surface area contributed by atoms with E-state index in [1.165, 1.54) is 17.0 Å². The molecule has 0 bridgehead atoms. The number of halogens is 2. The van der Waals surface area contributed by atoms with E-state index in [1.54, 1.807) is 37.3 Å². The van der Waals surface area contributed by atoms with Gasteiger partial charge in [-0.05, 0) is 42.7 Å². The Hall–Kier alpha value is -2.71. The summed E-state index contributed by atoms with van der Waals surface area (Å²) >= 11 is 6.07. The van der Waals surface area contributed by atoms with Gasteiger partial charge in [0.05, 0.1) is 11.5 Å². The molecule has 1 aliphatic heterocycles. The van der Waals surface area contributed by atoms with Crippen molar-refractivity contribution in [2.45, 2.75) is 25.9 Å². The summed E-state index contributed by atoms with van der Waals surface area (Å²) in [5.41, 5.74) is 1.76. The predicted molar refractivity (Wildman–Crippen MR) is 115 cm³/mol. The van der Waals surface area contributed by atoms with Crippen LogP contribution in [0.5, 0.6) is 0 Å². The molecule has 4 rings (SSSR count). The van der Waals surface area contributed by atoms with Crippen LogP contribution in [0.3, 0.4) is 0 Å². The Kier molecular flexibility index (Phi) is 5.85. The van der Waals surface area contributed by atoms with E-state index in [4.69, 9.17) is 16.1 Å². The summed E-state index contributed by atoms with van der Waals surface area (Å²) in [6.45, 7) is 1.83. The van der Waals surface area contributed by atoms with Crippen LogP contribution in [0.2, 0.25) is 5.02 Å². The van der Waals surface area contributed by atoms with Crippen LogP contribution in [-0.4, -0.2) is 41.9 Å². The lowest BCUT2D eigenvalue weighted by molar-refractivity contribution is 0.0670. The van der Waals surface area contributed by atoms with Crippen LogP contribution in [0.4, 0.5) is 4.39 Å². The lowest BCUT2D eigenvalue weighted by Gasteiger charge is -2.27. The van der Waals surface area contributed by atoms with Crippen LogP contribution in [0, 0.1) is 12.7 Å². The van der Waals surface area contributed by atoms with Crippen molar-refractivity contribution in [3.05, 3.63) is 76.2 Å². The molecule has 1 atom stereocenters. The molecule has 0 spiro atoms. The number of benzene rings is 2. The van der Waals surface area contributed by atoms with Crippen LogP contribution < -0.4 is 0 Å². The monoisotopic (exact) mass is 462 g/mol. The number of amides is 1. The van der Waals surface area contributed by atoms with Crippen LogP contribution in [-0.2, 0) is 16.4 Å². The maximum Gasteiger partial charge on any atom is 0.276 e. The minimum atomic E-state index is -3.21. The maximum atomic E-state index is 13.9. The van der Waals surface area contributed by atoms with E-state index in [0.29, 0.717) is 22.6 Å². The lowest BCUT2D eigenvalue weighted by Crippen LogP contribution is -2.40. The highest BCUT2D eigenvalue weighted by atomic mass is 35.5. The van der Waals surface area contributed by atoms with Gasteiger partial charge in [0.1, 0.15) is 5.82 Å². The average Bonchev–Trinajstić information content (AvgIpc) is 3.34. The fourth-order valence-corrected chi connectivity index (χ4v) is 5.57. The van der Waals surface area contributed by atoms with Crippen LogP contribution >= 0.6 is 11.6 Å². The van der Waals surface area contributed by atoms with Gasteiger partial charge in [0.15, 0.2) is 21.3 Å². The Morgan fingerprint density at radius 1 is 1.26 bits per heavy atom. The predicted octanol–water partition coefficient (Wildman–Crippen LogP) is 4.27. The number of carbonyl (C=O) groups is 1. The lowest BCUT2D eigenvalue weighted by atomic mass is 10.1. The van der Waals surface area contributed by atoms with E-state index in [9.17, 15) is 17.6 Å². The molecule has 9 heteroatoms. The largest absolute Gasteiger partial charge is 0.355 e. The Balaban J connectivity index is 1.64. The van der Waals surface area contributed by atoms with Gasteiger partial charge in [-0.2, -0.15) is 0 Å². The van der Waals surface area contributed by atoms with Crippen molar-refractivity contribution in [1.82, 2.24) is 10.1 Å². The standard InChI is InChI=1S/C22H20ClFN2O4S/c1-14-5-6-16(10-19(14)24)21-11-20(25-30-21)22(27)26(18-7-8-31(28,29)13-18)12-15-3-2-4-17(23)9-15/h2-6,9-11,18H,7-8,12-13H2,1H3/t18-/m1/s1. The van der Waals surface area contributed by atoms with Crippen molar-refractivity contribution >= 4 is 27.3 Å². The number of hydrogen-bond donors (Lipinski definition) is 0. The molecule has 0 radical (unpaired) electrons. The van der Waals surface area contributed by atoms with Gasteiger partial charge in [0, 0.05) is 29.2 Å². The molecular formula is C22H20ClFN2O4S. The number of nitrogens with zero attached hydrogens (tertiary/aromatic N) is 2. The average molecular weight is 463 g/mol. The molecule has 2 heterocycles. The molecule has 2 aromatic carbocycles. The van der Waals surface area contributed by atoms with Crippen molar-refractivity contribution < 1.29 is 22.1 Å². The molecule has 31 heavy (non-hydrogen) atoms. The summed E-state index contributed by atoms with van der Waals surface area (Å²) in [6, 6.07) is 12.6. The Morgan fingerprint density at radius 2 is 2.06 bits per heavy atom. The fraction of sp³-hybridized carbons (Fsp3) is 0.273. The molecule has 0 saturated carbocycles. The number of sulfone groups is 1. The Labute approximate surface area is 184 Å². The van der Waals surface area contributed by atoms with E-state index >= 15 is 0 Å². The van der Waals surface area contributed by atoms with Gasteiger partial charge in [-0.3, -0.25) is 4.79 Å². The summed E-state index contributed by atoms with van der Waals surface area (Å²) in [4.78, 5) is 14.8. The van der Waals surface area contributed by atoms with Gasteiger partial charge in [-0.1, -0.05) is 41.0 Å². The SMILES string of the molecule is Cc1ccc(-c2cc(C(=O)N(Cc3cccc(Cl)c3)[C@@H]3CCS(=O)(=O)C3)no2)cc1F. The topological polar surface area (TPSA) is 80.5 Å². The molecule has 6 nitrogen and oxygen atoms in total. The quantitative estimate of drug-likeness (QED) is 0.565. The van der Waals surface area contributed by atoms with Crippen molar-refractivity contribution in [3.8, 4) is 11.3 Å². The fourth-order valence-electron chi connectivity index (χ4n) is 3.63. The molecule has 3 aromatic rings. The Morgan fingerprint density at radius 3 is 2.74 bits per heavy atom. The van der Waals surface area contributed by atoms with E-state index in [0.717, 1.165) is 5.56 Å². The molecule has 1 fully saturated rings. The molecule has 1 aliphatic rings. The van der Waals surface area contributed by atoms with Gasteiger partial charge < -0.3 is 9.42 Å². The summed E-state index contributed by atoms with van der Waals surface area (Å²) in [5.74, 6) is -0.661. The highest BCUT2D eigenvalue weighted by Gasteiger charge is 2.36. The van der Waals surface area contributed by atoms with Gasteiger partial charge >= 0.3 is 0 Å². The van der Waals surface area contributed by atoms with E-state index in [2.05, 4.69) is 5.16 Å². The molecule has 1 saturated heterocycles. The number of aryl methyl sites for hydroxylation is 1. The summed E-state index contributed by atoms with van der Waals surface area (Å²) in [5, 5.41) is 4.39. The minimum absolute atomic E-state index is 0.0299. The number of rotatable bonds is 5. The second kappa shape index (κ2) is 8.43. The molecular weight excluding hydrogens is 443 g/mol. The zero-order chi connectivity index (χ0) is 22.2. The van der Waals surface area contributed by atoms with Crippen LogP contribution in [0.25, 0.3) is 11.3 Å². The second-order valence-electron chi connectivity index (χ2n) is 7.66. The summed E-state index contributed by atoms with van der Waals surface area (Å²) in [7, 11) is -3.21. The van der Waals surface area contributed by atoms with Crippen LogP contribution in [0.1, 0.15) is 28.0 Å². The number of aromatic nitrogens is 1. The molecule has 162 valence electrons. The number of carbonyl (C=O) groups excluding carboxylic acids is 1. The third kappa shape index (κ3) is 4.80. The highest BCUT2D eigenvalue weighted by Crippen LogP contribution is 2.26. The summed E-state index contributed by atoms with van der Waals surface area (Å²) in [6.07, 6.45) is 0.350. The van der Waals surface area contributed by atoms with Crippen molar-refractivity contribution in [2.75, 3.05) is 11.5 Å².